The Labute approximate surface area is 149 Å². The van der Waals surface area contributed by atoms with Gasteiger partial charge in [-0.2, -0.15) is 0 Å². The Morgan fingerprint density at radius 3 is 2.76 bits per heavy atom. The van der Waals surface area contributed by atoms with Gasteiger partial charge in [0.15, 0.2) is 11.5 Å². The third-order valence-electron chi connectivity index (χ3n) is 3.75. The molecule has 0 radical (unpaired) electrons. The first-order chi connectivity index (χ1) is 12.0. The van der Waals surface area contributed by atoms with Gasteiger partial charge < -0.3 is 19.9 Å². The van der Waals surface area contributed by atoms with E-state index in [0.29, 0.717) is 16.4 Å². The van der Waals surface area contributed by atoms with Crippen LogP contribution in [0.2, 0.25) is 0 Å². The molecule has 1 amide bonds. The fraction of sp³-hybridized carbons (Fsp3) is 0.222. The number of hydrogen-bond acceptors (Lipinski definition) is 5. The van der Waals surface area contributed by atoms with Gasteiger partial charge in [-0.05, 0) is 36.8 Å². The summed E-state index contributed by atoms with van der Waals surface area (Å²) in [6, 6.07) is 12.0. The van der Waals surface area contributed by atoms with E-state index in [1.807, 2.05) is 25.1 Å². The third-order valence-corrected chi connectivity index (χ3v) is 4.82. The maximum atomic E-state index is 12.2. The van der Waals surface area contributed by atoms with Gasteiger partial charge in [0.25, 0.3) is 0 Å². The van der Waals surface area contributed by atoms with Gasteiger partial charge in [-0.25, -0.2) is 4.79 Å². The Morgan fingerprint density at radius 1 is 1.20 bits per heavy atom. The number of ether oxygens (including phenoxy) is 2. The van der Waals surface area contributed by atoms with Crippen LogP contribution in [0.1, 0.15) is 28.9 Å². The third kappa shape index (κ3) is 4.06. The maximum Gasteiger partial charge on any atom is 0.336 e. The first kappa shape index (κ1) is 17.2. The van der Waals surface area contributed by atoms with E-state index in [0.717, 1.165) is 5.56 Å². The summed E-state index contributed by atoms with van der Waals surface area (Å²) in [7, 11) is 0. The highest BCUT2D eigenvalue weighted by Gasteiger charge is 2.17. The number of amides is 1. The summed E-state index contributed by atoms with van der Waals surface area (Å²) >= 11 is 1.20. The molecule has 3 rings (SSSR count). The molecule has 1 heterocycles. The van der Waals surface area contributed by atoms with Crippen LogP contribution in [0.25, 0.3) is 0 Å². The van der Waals surface area contributed by atoms with Crippen LogP contribution in [0, 0.1) is 0 Å². The van der Waals surface area contributed by atoms with Gasteiger partial charge in [-0.3, -0.25) is 4.79 Å². The zero-order valence-electron chi connectivity index (χ0n) is 13.5. The summed E-state index contributed by atoms with van der Waals surface area (Å²) in [5.41, 5.74) is 1.11. The van der Waals surface area contributed by atoms with Crippen LogP contribution in [0.5, 0.6) is 11.5 Å². The van der Waals surface area contributed by atoms with Crippen LogP contribution in [0.4, 0.5) is 0 Å². The molecule has 2 aromatic rings. The summed E-state index contributed by atoms with van der Waals surface area (Å²) < 4.78 is 10.6. The first-order valence-corrected chi connectivity index (χ1v) is 8.67. The molecule has 25 heavy (non-hydrogen) atoms. The Bertz CT molecular complexity index is 808. The highest BCUT2D eigenvalue weighted by molar-refractivity contribution is 8.00. The topological polar surface area (TPSA) is 84.9 Å². The van der Waals surface area contributed by atoms with E-state index in [2.05, 4.69) is 5.32 Å². The van der Waals surface area contributed by atoms with Crippen LogP contribution < -0.4 is 14.8 Å². The SMILES string of the molecule is C[C@@H](NC(=O)CSc1ccccc1C(=O)O)c1ccc2c(c1)OCO2. The smallest absolute Gasteiger partial charge is 0.336 e. The predicted molar refractivity (Wildman–Crippen MR) is 93.2 cm³/mol. The average molecular weight is 359 g/mol. The molecule has 0 saturated heterocycles. The lowest BCUT2D eigenvalue weighted by Crippen LogP contribution is -2.28. The number of carboxylic acids is 1. The highest BCUT2D eigenvalue weighted by atomic mass is 32.2. The number of carbonyl (C=O) groups is 2. The van der Waals surface area contributed by atoms with Crippen molar-refractivity contribution in [2.45, 2.75) is 17.9 Å². The second-order valence-electron chi connectivity index (χ2n) is 5.49. The minimum absolute atomic E-state index is 0.138. The lowest BCUT2D eigenvalue weighted by Gasteiger charge is -2.15. The largest absolute Gasteiger partial charge is 0.478 e. The fourth-order valence-corrected chi connectivity index (χ4v) is 3.32. The molecule has 7 heteroatoms. The van der Waals surface area contributed by atoms with E-state index in [4.69, 9.17) is 14.6 Å². The lowest BCUT2D eigenvalue weighted by molar-refractivity contribution is -0.119. The lowest BCUT2D eigenvalue weighted by atomic mass is 10.1. The Morgan fingerprint density at radius 2 is 1.96 bits per heavy atom. The van der Waals surface area contributed by atoms with Crippen LogP contribution in [0.15, 0.2) is 47.4 Å². The number of hydrogen-bond donors (Lipinski definition) is 2. The molecule has 6 nitrogen and oxygen atoms in total. The van der Waals surface area contributed by atoms with Crippen molar-refractivity contribution in [2.24, 2.45) is 0 Å². The van der Waals surface area contributed by atoms with Crippen molar-refractivity contribution >= 4 is 23.6 Å². The maximum absolute atomic E-state index is 12.2. The van der Waals surface area contributed by atoms with E-state index in [-0.39, 0.29) is 30.1 Å². The molecular formula is C18H17NO5S. The summed E-state index contributed by atoms with van der Waals surface area (Å²) in [6.45, 7) is 2.09. The monoisotopic (exact) mass is 359 g/mol. The number of carboxylic acid groups (broad SMARTS) is 1. The van der Waals surface area contributed by atoms with Crippen molar-refractivity contribution in [2.75, 3.05) is 12.5 Å². The van der Waals surface area contributed by atoms with Crippen LogP contribution >= 0.6 is 11.8 Å². The molecule has 0 aliphatic carbocycles. The summed E-state index contributed by atoms with van der Waals surface area (Å²) in [6.07, 6.45) is 0. The molecule has 130 valence electrons. The zero-order valence-corrected chi connectivity index (χ0v) is 14.3. The average Bonchev–Trinajstić information content (AvgIpc) is 3.07. The molecule has 0 spiro atoms. The van der Waals surface area contributed by atoms with Crippen LogP contribution in [-0.4, -0.2) is 29.5 Å². The predicted octanol–water partition coefficient (Wildman–Crippen LogP) is 3.08. The number of benzene rings is 2. The molecule has 1 atom stereocenters. The minimum Gasteiger partial charge on any atom is -0.478 e. The number of rotatable bonds is 6. The van der Waals surface area contributed by atoms with E-state index in [1.54, 1.807) is 18.2 Å². The minimum atomic E-state index is -1.00. The summed E-state index contributed by atoms with van der Waals surface area (Å²) in [5.74, 6) is 0.332. The van der Waals surface area contributed by atoms with Gasteiger partial charge >= 0.3 is 5.97 Å². The van der Waals surface area contributed by atoms with Crippen molar-refractivity contribution in [3.8, 4) is 11.5 Å². The summed E-state index contributed by atoms with van der Waals surface area (Å²) in [5, 5.41) is 12.1. The Hall–Kier alpha value is -2.67. The number of aromatic carboxylic acids is 1. The zero-order chi connectivity index (χ0) is 17.8. The van der Waals surface area contributed by atoms with E-state index >= 15 is 0 Å². The van der Waals surface area contributed by atoms with Gasteiger partial charge in [0.05, 0.1) is 17.4 Å². The number of thioether (sulfide) groups is 1. The molecule has 0 unspecified atom stereocenters. The number of nitrogens with one attached hydrogen (secondary N) is 1. The molecule has 2 N–H and O–H groups in total. The van der Waals surface area contributed by atoms with Crippen LogP contribution in [0.3, 0.4) is 0 Å². The van der Waals surface area contributed by atoms with Crippen molar-refractivity contribution in [1.29, 1.82) is 0 Å². The molecule has 0 bridgehead atoms. The van der Waals surface area contributed by atoms with Crippen molar-refractivity contribution in [3.05, 3.63) is 53.6 Å². The van der Waals surface area contributed by atoms with Crippen molar-refractivity contribution < 1.29 is 24.2 Å². The van der Waals surface area contributed by atoms with Gasteiger partial charge in [0.1, 0.15) is 0 Å². The second kappa shape index (κ2) is 7.48. The van der Waals surface area contributed by atoms with E-state index in [1.165, 1.54) is 17.8 Å². The van der Waals surface area contributed by atoms with Crippen molar-refractivity contribution in [3.63, 3.8) is 0 Å². The normalized spacial score (nSPS) is 13.3. The number of carbonyl (C=O) groups excluding carboxylic acids is 1. The van der Waals surface area contributed by atoms with Gasteiger partial charge in [0, 0.05) is 4.90 Å². The van der Waals surface area contributed by atoms with E-state index in [9.17, 15) is 9.59 Å². The molecule has 0 saturated carbocycles. The first-order valence-electron chi connectivity index (χ1n) is 7.68. The quantitative estimate of drug-likeness (QED) is 0.771. The molecule has 0 aromatic heterocycles. The number of fused-ring (bicyclic) bond motifs is 1. The van der Waals surface area contributed by atoms with Crippen molar-refractivity contribution in [1.82, 2.24) is 5.32 Å². The molecular weight excluding hydrogens is 342 g/mol. The van der Waals surface area contributed by atoms with Gasteiger partial charge in [-0.15, -0.1) is 11.8 Å². The van der Waals surface area contributed by atoms with Gasteiger partial charge in [0.2, 0.25) is 12.7 Å². The Kier molecular flexibility index (Phi) is 5.14. The molecule has 1 aliphatic heterocycles. The van der Waals surface area contributed by atoms with E-state index < -0.39 is 5.97 Å². The standard InChI is InChI=1S/C18H17NO5S/c1-11(12-6-7-14-15(8-12)24-10-23-14)19-17(20)9-25-16-5-3-2-4-13(16)18(21)22/h2-8,11H,9-10H2,1H3,(H,19,20)(H,21,22)/t11-/m1/s1. The summed E-state index contributed by atoms with van der Waals surface area (Å²) in [4.78, 5) is 23.9. The fourth-order valence-electron chi connectivity index (χ4n) is 2.46. The molecule has 0 fully saturated rings. The Balaban J connectivity index is 1.58. The molecule has 2 aromatic carbocycles. The second-order valence-corrected chi connectivity index (χ2v) is 6.51. The van der Waals surface area contributed by atoms with Gasteiger partial charge in [-0.1, -0.05) is 18.2 Å². The highest BCUT2D eigenvalue weighted by Crippen LogP contribution is 2.34. The van der Waals surface area contributed by atoms with Crippen LogP contribution in [-0.2, 0) is 4.79 Å². The molecule has 1 aliphatic rings.